The first kappa shape index (κ1) is 20.2. The Bertz CT molecular complexity index is 1520. The Labute approximate surface area is 205 Å². The summed E-state index contributed by atoms with van der Waals surface area (Å²) in [7, 11) is 0. The molecule has 0 radical (unpaired) electrons. The van der Waals surface area contributed by atoms with Gasteiger partial charge < -0.3 is 9.47 Å². The van der Waals surface area contributed by atoms with E-state index < -0.39 is 0 Å². The van der Waals surface area contributed by atoms with E-state index in [1.54, 1.807) is 0 Å². The fourth-order valence-electron chi connectivity index (χ4n) is 5.65. The number of rotatable bonds is 2. The molecule has 0 bridgehead atoms. The molecule has 2 nitrogen and oxygen atoms in total. The molecule has 35 heavy (non-hydrogen) atoms. The van der Waals surface area contributed by atoms with Crippen molar-refractivity contribution in [3.63, 3.8) is 0 Å². The van der Waals surface area contributed by atoms with Crippen LogP contribution in [0.15, 0.2) is 103 Å². The monoisotopic (exact) mass is 450 g/mol. The molecule has 0 N–H and O–H groups in total. The quantitative estimate of drug-likeness (QED) is 0.285. The molecule has 0 saturated carbocycles. The predicted octanol–water partition coefficient (Wildman–Crippen LogP) is 6.37. The topological polar surface area (TPSA) is 18.5 Å². The maximum atomic E-state index is 6.63. The highest BCUT2D eigenvalue weighted by Gasteiger charge is 2.41. The zero-order valence-corrected chi connectivity index (χ0v) is 19.7. The van der Waals surface area contributed by atoms with Crippen molar-refractivity contribution >= 4 is 23.1 Å². The van der Waals surface area contributed by atoms with Crippen LogP contribution in [-0.2, 0) is 0 Å². The van der Waals surface area contributed by atoms with Crippen molar-refractivity contribution in [2.45, 2.75) is 13.8 Å². The van der Waals surface area contributed by atoms with Gasteiger partial charge in [0.25, 0.3) is 6.71 Å². The lowest BCUT2D eigenvalue weighted by atomic mass is 9.34. The minimum atomic E-state index is 0.0432. The second kappa shape index (κ2) is 7.64. The summed E-state index contributed by atoms with van der Waals surface area (Å²) in [6.45, 7) is 4.35. The molecule has 3 heteroatoms. The molecule has 2 aliphatic heterocycles. The van der Waals surface area contributed by atoms with Gasteiger partial charge in [0.2, 0.25) is 0 Å². The molecule has 0 amide bonds. The summed E-state index contributed by atoms with van der Waals surface area (Å²) in [5, 5.41) is 0. The van der Waals surface area contributed by atoms with Crippen molar-refractivity contribution in [3.8, 4) is 45.3 Å². The number of hydrogen-bond donors (Lipinski definition) is 0. The first-order valence-corrected chi connectivity index (χ1v) is 12.1. The lowest BCUT2D eigenvalue weighted by Gasteiger charge is -2.34. The maximum absolute atomic E-state index is 6.63. The van der Waals surface area contributed by atoms with Gasteiger partial charge in [-0.25, -0.2) is 0 Å². The van der Waals surface area contributed by atoms with E-state index >= 15 is 0 Å². The second-order valence-corrected chi connectivity index (χ2v) is 9.38. The molecule has 0 saturated heterocycles. The minimum Gasteiger partial charge on any atom is -0.458 e. The third-order valence-electron chi connectivity index (χ3n) is 7.32. The molecule has 0 atom stereocenters. The zero-order chi connectivity index (χ0) is 23.5. The van der Waals surface area contributed by atoms with Crippen molar-refractivity contribution in [2.75, 3.05) is 0 Å². The van der Waals surface area contributed by atoms with Crippen molar-refractivity contribution in [2.24, 2.45) is 0 Å². The molecular weight excluding hydrogens is 427 g/mol. The largest absolute Gasteiger partial charge is 0.458 e. The van der Waals surface area contributed by atoms with Crippen LogP contribution in [0.4, 0.5) is 0 Å². The zero-order valence-electron chi connectivity index (χ0n) is 19.7. The van der Waals surface area contributed by atoms with E-state index in [9.17, 15) is 0 Å². The van der Waals surface area contributed by atoms with Crippen LogP contribution in [-0.4, -0.2) is 6.71 Å². The Morgan fingerprint density at radius 2 is 0.886 bits per heavy atom. The van der Waals surface area contributed by atoms with Crippen LogP contribution in [0.5, 0.6) is 23.0 Å². The van der Waals surface area contributed by atoms with Crippen LogP contribution in [0.25, 0.3) is 22.3 Å². The Hall–Kier alpha value is -4.24. The molecule has 0 aliphatic carbocycles. The maximum Gasteiger partial charge on any atom is 0.260 e. The Morgan fingerprint density at radius 3 is 1.37 bits per heavy atom. The average Bonchev–Trinajstić information content (AvgIpc) is 2.89. The summed E-state index contributed by atoms with van der Waals surface area (Å²) in [5.74, 6) is 3.61. The van der Waals surface area contributed by atoms with Gasteiger partial charge in [0.05, 0.1) is 0 Å². The van der Waals surface area contributed by atoms with Crippen LogP contribution in [0.3, 0.4) is 0 Å². The number of ether oxygens (including phenoxy) is 2. The molecule has 0 spiro atoms. The van der Waals surface area contributed by atoms with E-state index in [0.717, 1.165) is 39.6 Å². The lowest BCUT2D eigenvalue weighted by Crippen LogP contribution is -2.57. The first-order valence-electron chi connectivity index (χ1n) is 12.1. The van der Waals surface area contributed by atoms with Crippen molar-refractivity contribution in [1.29, 1.82) is 0 Å². The van der Waals surface area contributed by atoms with E-state index in [-0.39, 0.29) is 6.71 Å². The number of aryl methyl sites for hydroxylation is 2. The Balaban J connectivity index is 1.50. The molecule has 2 heterocycles. The Kier molecular flexibility index (Phi) is 4.40. The van der Waals surface area contributed by atoms with E-state index in [2.05, 4.69) is 111 Å². The van der Waals surface area contributed by atoms with E-state index in [4.69, 9.17) is 9.47 Å². The summed E-state index contributed by atoms with van der Waals surface area (Å²) < 4.78 is 13.3. The normalized spacial score (nSPS) is 12.7. The molecule has 2 aliphatic rings. The van der Waals surface area contributed by atoms with Gasteiger partial charge in [0, 0.05) is 16.6 Å². The van der Waals surface area contributed by atoms with Gasteiger partial charge in [-0.3, -0.25) is 0 Å². The number of para-hydroxylation sites is 2. The molecule has 0 fully saturated rings. The van der Waals surface area contributed by atoms with Gasteiger partial charge in [-0.2, -0.15) is 0 Å². The second-order valence-electron chi connectivity index (χ2n) is 9.38. The molecular formula is C32H23BO2. The van der Waals surface area contributed by atoms with Gasteiger partial charge in [0.1, 0.15) is 23.0 Å². The highest BCUT2D eigenvalue weighted by Crippen LogP contribution is 2.42. The first-order chi connectivity index (χ1) is 17.2. The predicted molar refractivity (Wildman–Crippen MR) is 144 cm³/mol. The standard InChI is InChI=1S/C32H23BO2/c1-20-10-3-5-12-22(20)24-14-7-16-26-31(24)34-28-18-9-19-29-30(28)33(26)27-17-8-15-25(32(27)35-29)23-13-6-4-11-21(23)2/h3-19H,1-2H3. The van der Waals surface area contributed by atoms with Gasteiger partial charge in [-0.1, -0.05) is 91.0 Å². The number of fused-ring (bicyclic) bond motifs is 4. The van der Waals surface area contributed by atoms with E-state index in [0.29, 0.717) is 0 Å². The number of benzene rings is 5. The third-order valence-corrected chi connectivity index (χ3v) is 7.32. The van der Waals surface area contributed by atoms with Gasteiger partial charge in [-0.05, 0) is 59.2 Å². The van der Waals surface area contributed by atoms with Crippen LogP contribution < -0.4 is 25.9 Å². The smallest absolute Gasteiger partial charge is 0.260 e. The molecule has 166 valence electrons. The molecule has 5 aromatic carbocycles. The minimum absolute atomic E-state index is 0.0432. The molecule has 0 unspecified atom stereocenters. The Morgan fingerprint density at radius 1 is 0.457 bits per heavy atom. The SMILES string of the molecule is Cc1ccccc1-c1cccc2c1Oc1cccc3c1B2c1cccc(-c2ccccc2C)c1O3. The highest BCUT2D eigenvalue weighted by molar-refractivity contribution is 6.98. The third kappa shape index (κ3) is 2.98. The highest BCUT2D eigenvalue weighted by atomic mass is 16.5. The molecule has 0 aromatic heterocycles. The fourth-order valence-corrected chi connectivity index (χ4v) is 5.65. The van der Waals surface area contributed by atoms with Crippen LogP contribution in [0, 0.1) is 13.8 Å². The summed E-state index contributed by atoms with van der Waals surface area (Å²) in [6.07, 6.45) is 0. The van der Waals surface area contributed by atoms with Gasteiger partial charge in [-0.15, -0.1) is 0 Å². The van der Waals surface area contributed by atoms with Crippen LogP contribution >= 0.6 is 0 Å². The summed E-state index contributed by atoms with van der Waals surface area (Å²) in [6, 6.07) is 36.2. The lowest BCUT2D eigenvalue weighted by molar-refractivity contribution is 0.466. The van der Waals surface area contributed by atoms with Gasteiger partial charge >= 0.3 is 0 Å². The molecule has 7 rings (SSSR count). The van der Waals surface area contributed by atoms with Crippen LogP contribution in [0.2, 0.25) is 0 Å². The number of hydrogen-bond acceptors (Lipinski definition) is 2. The van der Waals surface area contributed by atoms with Crippen molar-refractivity contribution in [3.05, 3.63) is 114 Å². The average molecular weight is 450 g/mol. The van der Waals surface area contributed by atoms with Crippen LogP contribution in [0.1, 0.15) is 11.1 Å². The summed E-state index contributed by atoms with van der Waals surface area (Å²) in [5.41, 5.74) is 10.6. The fraction of sp³-hybridized carbons (Fsp3) is 0.0625. The van der Waals surface area contributed by atoms with Crippen molar-refractivity contribution in [1.82, 2.24) is 0 Å². The van der Waals surface area contributed by atoms with Gasteiger partial charge in [0.15, 0.2) is 0 Å². The summed E-state index contributed by atoms with van der Waals surface area (Å²) >= 11 is 0. The van der Waals surface area contributed by atoms with E-state index in [1.165, 1.54) is 33.2 Å². The van der Waals surface area contributed by atoms with E-state index in [1.807, 2.05) is 6.07 Å². The molecule has 5 aromatic rings. The summed E-state index contributed by atoms with van der Waals surface area (Å²) in [4.78, 5) is 0. The van der Waals surface area contributed by atoms with Crippen molar-refractivity contribution < 1.29 is 9.47 Å².